The average molecular weight is 351 g/mol. The van der Waals surface area contributed by atoms with Gasteiger partial charge in [0.05, 0.1) is 0 Å². The number of hydrogen-bond acceptors (Lipinski definition) is 2. The van der Waals surface area contributed by atoms with Gasteiger partial charge in [-0.1, -0.05) is 22.9 Å². The van der Waals surface area contributed by atoms with Crippen LogP contribution in [-0.4, -0.2) is 24.4 Å². The second kappa shape index (κ2) is 5.79. The molecule has 5 heteroatoms. The Labute approximate surface area is 133 Å². The third kappa shape index (κ3) is 2.98. The lowest BCUT2D eigenvalue weighted by atomic mass is 10.1. The van der Waals surface area contributed by atoms with Crippen LogP contribution in [0.4, 0.5) is 5.69 Å². The van der Waals surface area contributed by atoms with Crippen LogP contribution in [0.5, 0.6) is 0 Å². The number of benzene rings is 1. The first-order chi connectivity index (χ1) is 10.1. The maximum Gasteiger partial charge on any atom is 0.249 e. The van der Waals surface area contributed by atoms with Gasteiger partial charge in [0.25, 0.3) is 0 Å². The number of rotatable bonds is 3. The molecule has 0 radical (unpaired) electrons. The number of amides is 2. The number of anilines is 1. The van der Waals surface area contributed by atoms with Crippen molar-refractivity contribution in [3.8, 4) is 0 Å². The van der Waals surface area contributed by atoms with Crippen LogP contribution in [0.25, 0.3) is 0 Å². The minimum absolute atomic E-state index is 0.0158. The van der Waals surface area contributed by atoms with Crippen molar-refractivity contribution in [2.75, 3.05) is 11.4 Å². The van der Waals surface area contributed by atoms with Crippen molar-refractivity contribution in [1.82, 2.24) is 5.32 Å². The van der Waals surface area contributed by atoms with Crippen LogP contribution in [0, 0.1) is 5.92 Å². The Bertz CT molecular complexity index is 584. The molecule has 1 atom stereocenters. The zero-order valence-electron chi connectivity index (χ0n) is 12.1. The Morgan fingerprint density at radius 1 is 1.33 bits per heavy atom. The number of hydrogen-bond donors (Lipinski definition) is 1. The van der Waals surface area contributed by atoms with Crippen molar-refractivity contribution in [2.24, 2.45) is 5.92 Å². The summed E-state index contributed by atoms with van der Waals surface area (Å²) < 4.78 is 1.01. The summed E-state index contributed by atoms with van der Waals surface area (Å²) in [5.74, 6) is 0.348. The summed E-state index contributed by atoms with van der Waals surface area (Å²) in [6, 6.07) is 5.64. The SMILES string of the molecule is CCc1cc(Br)ccc1N1CCC(=O)NC(C2CC2)C1=O. The van der Waals surface area contributed by atoms with Crippen LogP contribution in [0.15, 0.2) is 22.7 Å². The van der Waals surface area contributed by atoms with Crippen molar-refractivity contribution in [2.45, 2.75) is 38.6 Å². The van der Waals surface area contributed by atoms with Gasteiger partial charge in [-0.05, 0) is 48.9 Å². The van der Waals surface area contributed by atoms with Gasteiger partial charge in [0.2, 0.25) is 11.8 Å². The monoisotopic (exact) mass is 350 g/mol. The van der Waals surface area contributed by atoms with Crippen LogP contribution < -0.4 is 10.2 Å². The van der Waals surface area contributed by atoms with Crippen LogP contribution in [0.1, 0.15) is 31.7 Å². The first-order valence-electron chi connectivity index (χ1n) is 7.49. The zero-order chi connectivity index (χ0) is 15.0. The van der Waals surface area contributed by atoms with E-state index in [1.54, 1.807) is 4.90 Å². The zero-order valence-corrected chi connectivity index (χ0v) is 13.6. The highest BCUT2D eigenvalue weighted by atomic mass is 79.9. The van der Waals surface area contributed by atoms with E-state index in [-0.39, 0.29) is 17.9 Å². The first-order valence-corrected chi connectivity index (χ1v) is 8.28. The third-order valence-corrected chi connectivity index (χ3v) is 4.71. The molecule has 1 aromatic carbocycles. The molecular weight excluding hydrogens is 332 g/mol. The molecule has 1 aliphatic heterocycles. The number of nitrogens with zero attached hydrogens (tertiary/aromatic N) is 1. The molecule has 0 bridgehead atoms. The van der Waals surface area contributed by atoms with Gasteiger partial charge in [0.1, 0.15) is 6.04 Å². The Kier molecular flexibility index (Phi) is 4.02. The van der Waals surface area contributed by atoms with Crippen molar-refractivity contribution in [3.63, 3.8) is 0 Å². The normalized spacial score (nSPS) is 23.0. The summed E-state index contributed by atoms with van der Waals surface area (Å²) in [5.41, 5.74) is 2.06. The van der Waals surface area contributed by atoms with Crippen LogP contribution in [0.3, 0.4) is 0 Å². The topological polar surface area (TPSA) is 49.4 Å². The largest absolute Gasteiger partial charge is 0.344 e. The van der Waals surface area contributed by atoms with Gasteiger partial charge in [-0.25, -0.2) is 0 Å². The molecule has 112 valence electrons. The van der Waals surface area contributed by atoms with Crippen LogP contribution in [0.2, 0.25) is 0 Å². The number of carbonyl (C=O) groups is 2. The Balaban J connectivity index is 1.95. The lowest BCUT2D eigenvalue weighted by Gasteiger charge is -2.26. The fourth-order valence-corrected chi connectivity index (χ4v) is 3.30. The standard InChI is InChI=1S/C16H19BrN2O2/c1-2-10-9-12(17)5-6-13(10)19-8-7-14(20)18-15(16(19)21)11-3-4-11/h5-6,9,11,15H,2-4,7-8H2,1H3,(H,18,20). The maximum absolute atomic E-state index is 12.8. The van der Waals surface area contributed by atoms with E-state index in [1.807, 2.05) is 12.1 Å². The maximum atomic E-state index is 12.8. The van der Waals surface area contributed by atoms with Crippen LogP contribution >= 0.6 is 15.9 Å². The van der Waals surface area contributed by atoms with Crippen LogP contribution in [-0.2, 0) is 16.0 Å². The predicted octanol–water partition coefficient (Wildman–Crippen LogP) is 2.64. The molecule has 1 heterocycles. The second-order valence-corrected chi connectivity index (χ2v) is 6.66. The lowest BCUT2D eigenvalue weighted by Crippen LogP contribution is -2.46. The molecule has 1 saturated carbocycles. The number of carbonyl (C=O) groups excluding carboxylic acids is 2. The second-order valence-electron chi connectivity index (χ2n) is 5.75. The molecule has 21 heavy (non-hydrogen) atoms. The van der Waals surface area contributed by atoms with E-state index in [2.05, 4.69) is 34.2 Å². The molecule has 3 rings (SSSR count). The highest BCUT2D eigenvalue weighted by molar-refractivity contribution is 9.10. The Morgan fingerprint density at radius 3 is 2.76 bits per heavy atom. The molecule has 0 aromatic heterocycles. The van der Waals surface area contributed by atoms with Crippen molar-refractivity contribution >= 4 is 33.4 Å². The predicted molar refractivity (Wildman–Crippen MR) is 85.1 cm³/mol. The highest BCUT2D eigenvalue weighted by Crippen LogP contribution is 2.35. The number of nitrogens with one attached hydrogen (secondary N) is 1. The molecule has 4 nitrogen and oxygen atoms in total. The van der Waals surface area contributed by atoms with Gasteiger partial charge in [-0.2, -0.15) is 0 Å². The molecule has 1 unspecified atom stereocenters. The van der Waals surface area contributed by atoms with Crippen molar-refractivity contribution in [1.29, 1.82) is 0 Å². The number of halogens is 1. The van der Waals surface area contributed by atoms with E-state index in [1.165, 1.54) is 0 Å². The summed E-state index contributed by atoms with van der Waals surface area (Å²) in [4.78, 5) is 26.5. The summed E-state index contributed by atoms with van der Waals surface area (Å²) in [6.07, 6.45) is 3.29. The summed E-state index contributed by atoms with van der Waals surface area (Å²) in [6.45, 7) is 2.54. The van der Waals surface area contributed by atoms with E-state index in [9.17, 15) is 9.59 Å². The van der Waals surface area contributed by atoms with Crippen molar-refractivity contribution in [3.05, 3.63) is 28.2 Å². The molecule has 1 aliphatic carbocycles. The van der Waals surface area contributed by atoms with E-state index in [0.717, 1.165) is 35.0 Å². The molecule has 2 amide bonds. The van der Waals surface area contributed by atoms with E-state index < -0.39 is 0 Å². The molecule has 1 saturated heterocycles. The van der Waals surface area contributed by atoms with Gasteiger partial charge >= 0.3 is 0 Å². The first kappa shape index (κ1) is 14.6. The number of aryl methyl sites for hydroxylation is 1. The molecule has 2 fully saturated rings. The molecule has 1 aromatic rings. The molecular formula is C16H19BrN2O2. The summed E-state index contributed by atoms with van der Waals surface area (Å²) in [7, 11) is 0. The Hall–Kier alpha value is -1.36. The smallest absolute Gasteiger partial charge is 0.249 e. The molecule has 1 N–H and O–H groups in total. The summed E-state index contributed by atoms with van der Waals surface area (Å²) in [5, 5.41) is 2.90. The third-order valence-electron chi connectivity index (χ3n) is 4.22. The fraction of sp³-hybridized carbons (Fsp3) is 0.500. The molecule has 2 aliphatic rings. The Morgan fingerprint density at radius 2 is 2.10 bits per heavy atom. The fourth-order valence-electron chi connectivity index (χ4n) is 2.89. The average Bonchev–Trinajstić information content (AvgIpc) is 3.29. The van der Waals surface area contributed by atoms with E-state index in [4.69, 9.17) is 0 Å². The van der Waals surface area contributed by atoms with Gasteiger partial charge < -0.3 is 10.2 Å². The van der Waals surface area contributed by atoms with Gasteiger partial charge in [0.15, 0.2) is 0 Å². The van der Waals surface area contributed by atoms with Gasteiger partial charge in [-0.3, -0.25) is 9.59 Å². The highest BCUT2D eigenvalue weighted by Gasteiger charge is 2.41. The molecule has 0 spiro atoms. The van der Waals surface area contributed by atoms with Crippen molar-refractivity contribution < 1.29 is 9.59 Å². The summed E-state index contributed by atoms with van der Waals surface area (Å²) >= 11 is 3.48. The quantitative estimate of drug-likeness (QED) is 0.910. The van der Waals surface area contributed by atoms with Gasteiger partial charge in [0, 0.05) is 23.1 Å². The van der Waals surface area contributed by atoms with E-state index >= 15 is 0 Å². The van der Waals surface area contributed by atoms with Gasteiger partial charge in [-0.15, -0.1) is 0 Å². The van der Waals surface area contributed by atoms with E-state index in [0.29, 0.717) is 18.9 Å². The minimum atomic E-state index is -0.339. The lowest BCUT2D eigenvalue weighted by molar-refractivity contribution is -0.126. The minimum Gasteiger partial charge on any atom is -0.344 e.